The molecule has 0 spiro atoms. The van der Waals surface area contributed by atoms with Crippen molar-refractivity contribution in [1.82, 2.24) is 0 Å². The number of allylic oxidation sites excluding steroid dienone is 1. The van der Waals surface area contributed by atoms with Gasteiger partial charge in [-0.25, -0.2) is 8.78 Å². The van der Waals surface area contributed by atoms with Gasteiger partial charge in [-0.3, -0.25) is 0 Å². The molecule has 0 saturated heterocycles. The first kappa shape index (κ1) is 25.8. The third kappa shape index (κ3) is 8.50. The van der Waals surface area contributed by atoms with Crippen molar-refractivity contribution >= 4 is 0 Å². The molecule has 0 aromatic heterocycles. The van der Waals surface area contributed by atoms with Crippen molar-refractivity contribution in [3.63, 3.8) is 0 Å². The van der Waals surface area contributed by atoms with Gasteiger partial charge in [0.15, 0.2) is 0 Å². The molecule has 0 radical (unpaired) electrons. The van der Waals surface area contributed by atoms with Crippen molar-refractivity contribution in [3.8, 4) is 6.07 Å². The highest BCUT2D eigenvalue weighted by Gasteiger charge is 2.25. The lowest BCUT2D eigenvalue weighted by Crippen LogP contribution is -2.26. The van der Waals surface area contributed by atoms with Gasteiger partial charge < -0.3 is 9.47 Å². The summed E-state index contributed by atoms with van der Waals surface area (Å²) in [5, 5.41) is 8.79. The highest BCUT2D eigenvalue weighted by atomic mass is 19.1. The molecular weight excluding hydrogens is 420 g/mol. The molecule has 2 saturated carbocycles. The van der Waals surface area contributed by atoms with Crippen LogP contribution in [0.15, 0.2) is 24.3 Å². The first-order valence-corrected chi connectivity index (χ1v) is 12.8. The van der Waals surface area contributed by atoms with E-state index < -0.39 is 17.2 Å². The van der Waals surface area contributed by atoms with Gasteiger partial charge in [-0.15, -0.1) is 0 Å². The van der Waals surface area contributed by atoms with Gasteiger partial charge in [-0.1, -0.05) is 25.0 Å². The molecule has 0 heterocycles. The summed E-state index contributed by atoms with van der Waals surface area (Å²) < 4.78 is 39.5. The van der Waals surface area contributed by atoms with E-state index in [-0.39, 0.29) is 0 Å². The molecule has 182 valence electrons. The molecule has 1 aromatic carbocycles. The molecule has 2 aliphatic rings. The van der Waals surface area contributed by atoms with E-state index in [4.69, 9.17) is 14.7 Å². The summed E-state index contributed by atoms with van der Waals surface area (Å²) in [5.74, 6) is 0.578. The average Bonchev–Trinajstić information content (AvgIpc) is 2.82. The van der Waals surface area contributed by atoms with Crippen LogP contribution in [0.25, 0.3) is 0 Å². The lowest BCUT2D eigenvalue weighted by Gasteiger charge is -2.32. The van der Waals surface area contributed by atoms with E-state index in [1.54, 1.807) is 6.07 Å². The van der Waals surface area contributed by atoms with Crippen LogP contribution < -0.4 is 0 Å². The molecule has 2 aliphatic carbocycles. The first-order chi connectivity index (χ1) is 16.1. The quantitative estimate of drug-likeness (QED) is 0.261. The number of ether oxygens (including phenoxy) is 2. The van der Waals surface area contributed by atoms with Crippen LogP contribution in [0.3, 0.4) is 0 Å². The molecule has 0 N–H and O–H groups in total. The van der Waals surface area contributed by atoms with E-state index in [9.17, 15) is 8.78 Å². The molecular formula is C28H39F2NO2. The summed E-state index contributed by atoms with van der Waals surface area (Å²) in [6.45, 7) is 4.51. The summed E-state index contributed by atoms with van der Waals surface area (Å²) in [6, 6.07) is 4.20. The number of hydrogen-bond donors (Lipinski definition) is 0. The van der Waals surface area contributed by atoms with Crippen molar-refractivity contribution in [2.24, 2.45) is 17.8 Å². The summed E-state index contributed by atoms with van der Waals surface area (Å²) in [5.41, 5.74) is 0.154. The number of benzene rings is 1. The molecule has 3 nitrogen and oxygen atoms in total. The molecule has 0 amide bonds. The second-order valence-corrected chi connectivity index (χ2v) is 9.88. The molecule has 2 fully saturated rings. The Hall–Kier alpha value is -1.77. The van der Waals surface area contributed by atoms with E-state index >= 15 is 0 Å². The van der Waals surface area contributed by atoms with E-state index in [1.165, 1.54) is 44.2 Å². The Bertz CT molecular complexity index is 765. The number of hydrogen-bond acceptors (Lipinski definition) is 3. The van der Waals surface area contributed by atoms with E-state index in [1.807, 2.05) is 13.0 Å². The molecule has 3 rings (SSSR count). The van der Waals surface area contributed by atoms with Gasteiger partial charge in [0, 0.05) is 13.2 Å². The Balaban J connectivity index is 1.27. The minimum Gasteiger partial charge on any atom is -0.378 e. The van der Waals surface area contributed by atoms with E-state index in [2.05, 4.69) is 6.08 Å². The molecule has 0 unspecified atom stereocenters. The summed E-state index contributed by atoms with van der Waals surface area (Å²) in [6.07, 6.45) is 16.7. The smallest absolute Gasteiger partial charge is 0.144 e. The zero-order chi connectivity index (χ0) is 23.5. The summed E-state index contributed by atoms with van der Waals surface area (Å²) in [4.78, 5) is 0. The van der Waals surface area contributed by atoms with Crippen LogP contribution in [-0.2, 0) is 15.9 Å². The summed E-state index contributed by atoms with van der Waals surface area (Å²) >= 11 is 0. The Labute approximate surface area is 198 Å². The lowest BCUT2D eigenvalue weighted by atomic mass is 9.81. The van der Waals surface area contributed by atoms with Gasteiger partial charge in [0.05, 0.1) is 12.7 Å². The minimum absolute atomic E-state index is 0.365. The maximum absolute atomic E-state index is 13.8. The molecule has 0 bridgehead atoms. The molecule has 0 aliphatic heterocycles. The van der Waals surface area contributed by atoms with Gasteiger partial charge >= 0.3 is 0 Å². The van der Waals surface area contributed by atoms with Crippen LogP contribution in [-0.4, -0.2) is 25.9 Å². The average molecular weight is 460 g/mol. The summed E-state index contributed by atoms with van der Waals surface area (Å²) in [7, 11) is 0. The number of halogens is 2. The SMILES string of the molecule is C/C=C/COCCC1CCC(COC2CCC(CCc3cc(F)c(C#N)c(F)c3)CC2)CC1. The van der Waals surface area contributed by atoms with Crippen molar-refractivity contribution in [1.29, 1.82) is 5.26 Å². The maximum atomic E-state index is 13.8. The monoisotopic (exact) mass is 459 g/mol. The van der Waals surface area contributed by atoms with Crippen LogP contribution in [0, 0.1) is 40.7 Å². The Kier molecular flexibility index (Phi) is 10.8. The van der Waals surface area contributed by atoms with Crippen LogP contribution in [0.5, 0.6) is 0 Å². The third-order valence-corrected chi connectivity index (χ3v) is 7.50. The number of nitrogens with zero attached hydrogens (tertiary/aromatic N) is 1. The standard InChI is InChI=1S/C28H39F2NO2/c1-2-3-15-32-16-14-22-4-7-23(8-5-22)20-33-25-12-10-21(11-13-25)6-9-24-17-27(29)26(19-31)28(30)18-24/h2-3,17-18,21-23,25H,4-16,20H2,1H3/b3-2+. The van der Waals surface area contributed by atoms with Crippen LogP contribution in [0.4, 0.5) is 8.78 Å². The molecule has 1 aromatic rings. The largest absolute Gasteiger partial charge is 0.378 e. The lowest BCUT2D eigenvalue weighted by molar-refractivity contribution is -0.0109. The normalized spacial score (nSPS) is 25.9. The number of nitriles is 1. The number of rotatable bonds is 11. The van der Waals surface area contributed by atoms with Gasteiger partial charge in [0.1, 0.15) is 23.3 Å². The highest BCUT2D eigenvalue weighted by molar-refractivity contribution is 5.35. The zero-order valence-electron chi connectivity index (χ0n) is 20.0. The first-order valence-electron chi connectivity index (χ1n) is 12.8. The van der Waals surface area contributed by atoms with Crippen molar-refractivity contribution in [2.75, 3.05) is 19.8 Å². The highest BCUT2D eigenvalue weighted by Crippen LogP contribution is 2.33. The molecule has 33 heavy (non-hydrogen) atoms. The second kappa shape index (κ2) is 13.8. The number of aryl methyl sites for hydroxylation is 1. The fourth-order valence-electron chi connectivity index (χ4n) is 5.29. The van der Waals surface area contributed by atoms with Gasteiger partial charge in [0.2, 0.25) is 0 Å². The molecule has 0 atom stereocenters. The Morgan fingerprint density at radius 2 is 1.55 bits per heavy atom. The van der Waals surface area contributed by atoms with E-state index in [0.29, 0.717) is 29.9 Å². The topological polar surface area (TPSA) is 42.2 Å². The van der Waals surface area contributed by atoms with Crippen molar-refractivity contribution < 1.29 is 18.3 Å². The third-order valence-electron chi connectivity index (χ3n) is 7.50. The van der Waals surface area contributed by atoms with Gasteiger partial charge in [0.25, 0.3) is 0 Å². The maximum Gasteiger partial charge on any atom is 0.144 e. The fraction of sp³-hybridized carbons (Fsp3) is 0.679. The molecule has 5 heteroatoms. The van der Waals surface area contributed by atoms with Crippen LogP contribution in [0.2, 0.25) is 0 Å². The van der Waals surface area contributed by atoms with Gasteiger partial charge in [-0.05, 0) is 100 Å². The van der Waals surface area contributed by atoms with E-state index in [0.717, 1.165) is 57.8 Å². The Morgan fingerprint density at radius 1 is 0.939 bits per heavy atom. The second-order valence-electron chi connectivity index (χ2n) is 9.88. The predicted octanol–water partition coefficient (Wildman–Crippen LogP) is 7.13. The van der Waals surface area contributed by atoms with Crippen LogP contribution >= 0.6 is 0 Å². The van der Waals surface area contributed by atoms with Crippen molar-refractivity contribution in [2.45, 2.75) is 83.7 Å². The fourth-order valence-corrected chi connectivity index (χ4v) is 5.29. The van der Waals surface area contributed by atoms with Crippen LogP contribution in [0.1, 0.15) is 82.3 Å². The van der Waals surface area contributed by atoms with Crippen molar-refractivity contribution in [3.05, 3.63) is 47.0 Å². The Morgan fingerprint density at radius 3 is 2.18 bits per heavy atom. The predicted molar refractivity (Wildman–Crippen MR) is 127 cm³/mol. The minimum atomic E-state index is -0.753. The van der Waals surface area contributed by atoms with Gasteiger partial charge in [-0.2, -0.15) is 5.26 Å². The zero-order valence-corrected chi connectivity index (χ0v) is 20.0.